The van der Waals surface area contributed by atoms with Gasteiger partial charge in [-0.05, 0) is 0 Å². The van der Waals surface area contributed by atoms with Gasteiger partial charge in [0.1, 0.15) is 0 Å². The molecule has 2 N–H and O–H groups in total. The molecule has 0 aliphatic heterocycles. The van der Waals surface area contributed by atoms with Crippen molar-refractivity contribution in [3.05, 3.63) is 0 Å². The molecule has 21 heteroatoms. The molecule has 104 valence electrons. The van der Waals surface area contributed by atoms with Gasteiger partial charge in [0.05, 0.1) is 7.82 Å². The SMILES string of the molecule is O=P([O-])([O-])OP(=O)([O-])OP(=O)(O)OP(=O)([O-])O.[Na+].[Na+].[Na+].[Na+]. The second-order valence-corrected chi connectivity index (χ2v) is 7.70. The van der Waals surface area contributed by atoms with Crippen molar-refractivity contribution in [3.8, 4) is 0 Å². The van der Waals surface area contributed by atoms with Crippen LogP contribution in [0.1, 0.15) is 0 Å². The van der Waals surface area contributed by atoms with E-state index in [-0.39, 0.29) is 118 Å². The molecule has 3 unspecified atom stereocenters. The minimum absolute atomic E-state index is 0. The Morgan fingerprint density at radius 2 is 1.00 bits per heavy atom. The Balaban J connectivity index is -0.000000213. The van der Waals surface area contributed by atoms with E-state index in [0.29, 0.717) is 0 Å². The van der Waals surface area contributed by atoms with E-state index in [1.807, 2.05) is 0 Å². The van der Waals surface area contributed by atoms with Gasteiger partial charge in [0.25, 0.3) is 15.6 Å². The third-order valence-electron chi connectivity index (χ3n) is 0.610. The van der Waals surface area contributed by atoms with Gasteiger partial charge < -0.3 is 33.9 Å². The summed E-state index contributed by atoms with van der Waals surface area (Å²) in [6, 6.07) is 0. The molecule has 0 aliphatic carbocycles. The quantitative estimate of drug-likeness (QED) is 0.297. The molecule has 21 heavy (non-hydrogen) atoms. The van der Waals surface area contributed by atoms with Crippen molar-refractivity contribution in [2.45, 2.75) is 0 Å². The Labute approximate surface area is 206 Å². The van der Waals surface area contributed by atoms with Gasteiger partial charge in [-0.1, -0.05) is 0 Å². The monoisotopic (exact) mass is 426 g/mol. The van der Waals surface area contributed by atoms with E-state index in [9.17, 15) is 37.8 Å². The number of phosphoric acid groups is 4. The Morgan fingerprint density at radius 3 is 1.24 bits per heavy atom. The zero-order chi connectivity index (χ0) is 14.1. The average molecular weight is 426 g/mol. The molecule has 3 atom stereocenters. The van der Waals surface area contributed by atoms with Crippen LogP contribution in [0.3, 0.4) is 0 Å². The van der Waals surface area contributed by atoms with Gasteiger partial charge in [-0.2, -0.15) is 0 Å². The molecule has 0 radical (unpaired) electrons. The first-order chi connectivity index (χ1) is 7.12. The van der Waals surface area contributed by atoms with Gasteiger partial charge in [-0.15, -0.1) is 0 Å². The molecular formula is H2Na4O13P4. The molecule has 0 saturated carbocycles. The molecular weight excluding hydrogens is 424 g/mol. The molecule has 0 rings (SSSR count). The second kappa shape index (κ2) is 13.7. The fourth-order valence-corrected chi connectivity index (χ4v) is 4.22. The van der Waals surface area contributed by atoms with E-state index in [4.69, 9.17) is 9.79 Å². The van der Waals surface area contributed by atoms with Crippen LogP contribution in [0.15, 0.2) is 0 Å². The molecule has 0 bridgehead atoms. The summed E-state index contributed by atoms with van der Waals surface area (Å²) in [6.45, 7) is 0. The first-order valence-electron chi connectivity index (χ1n) is 2.96. The summed E-state index contributed by atoms with van der Waals surface area (Å²) in [6.07, 6.45) is 0. The predicted molar refractivity (Wildman–Crippen MR) is 38.1 cm³/mol. The van der Waals surface area contributed by atoms with E-state index in [2.05, 4.69) is 12.9 Å². The Hall–Kier alpha value is 4.56. The molecule has 0 aromatic heterocycles. The van der Waals surface area contributed by atoms with Crippen LogP contribution >= 0.6 is 31.3 Å². The molecule has 0 saturated heterocycles. The maximum absolute atomic E-state index is 10.6. The zero-order valence-corrected chi connectivity index (χ0v) is 22.8. The van der Waals surface area contributed by atoms with Crippen LogP contribution in [-0.4, -0.2) is 9.79 Å². The van der Waals surface area contributed by atoms with Gasteiger partial charge in [0.15, 0.2) is 0 Å². The van der Waals surface area contributed by atoms with Crippen molar-refractivity contribution in [1.29, 1.82) is 0 Å². The van der Waals surface area contributed by atoms with Crippen LogP contribution in [-0.2, 0) is 31.2 Å². The minimum Gasteiger partial charge on any atom is -0.790 e. The van der Waals surface area contributed by atoms with Crippen molar-refractivity contribution < 1.29 is 179 Å². The Kier molecular flexibility index (Phi) is 23.8. The predicted octanol–water partition coefficient (Wildman–Crippen LogP) is -15.1. The van der Waals surface area contributed by atoms with Crippen LogP contribution < -0.4 is 138 Å². The third-order valence-corrected chi connectivity index (χ3v) is 5.49. The van der Waals surface area contributed by atoms with E-state index in [1.54, 1.807) is 0 Å². The third kappa shape index (κ3) is 24.6. The van der Waals surface area contributed by atoms with Gasteiger partial charge >= 0.3 is 126 Å². The Bertz CT molecular complexity index is 417. The summed E-state index contributed by atoms with van der Waals surface area (Å²) in [5.74, 6) is 0. The maximum atomic E-state index is 10.6. The van der Waals surface area contributed by atoms with Crippen LogP contribution in [0.25, 0.3) is 0 Å². The van der Waals surface area contributed by atoms with Crippen LogP contribution in [0.2, 0.25) is 0 Å². The van der Waals surface area contributed by atoms with Crippen molar-refractivity contribution >= 4 is 31.3 Å². The fourth-order valence-electron chi connectivity index (χ4n) is 0.409. The van der Waals surface area contributed by atoms with E-state index in [0.717, 1.165) is 0 Å². The number of rotatable bonds is 6. The second-order valence-electron chi connectivity index (χ2n) is 2.08. The van der Waals surface area contributed by atoms with Crippen molar-refractivity contribution in [1.82, 2.24) is 0 Å². The summed E-state index contributed by atoms with van der Waals surface area (Å²) in [5, 5.41) is 0. The van der Waals surface area contributed by atoms with Crippen molar-refractivity contribution in [3.63, 3.8) is 0 Å². The minimum atomic E-state index is -6.17. The van der Waals surface area contributed by atoms with Crippen LogP contribution in [0.5, 0.6) is 0 Å². The molecule has 0 fully saturated rings. The van der Waals surface area contributed by atoms with Gasteiger partial charge in [0, 0.05) is 0 Å². The summed E-state index contributed by atoms with van der Waals surface area (Å²) in [7, 11) is -24.1. The molecule has 0 heterocycles. The molecule has 0 aliphatic rings. The van der Waals surface area contributed by atoms with Gasteiger partial charge in [-0.25, -0.2) is 13.2 Å². The summed E-state index contributed by atoms with van der Waals surface area (Å²) < 4.78 is 49.4. The normalized spacial score (nSPS) is 19.0. The maximum Gasteiger partial charge on any atom is 1.00 e. The van der Waals surface area contributed by atoms with E-state index in [1.165, 1.54) is 0 Å². The summed E-state index contributed by atoms with van der Waals surface area (Å²) in [5.41, 5.74) is 0. The molecule has 0 spiro atoms. The number of hydrogen-bond acceptors (Lipinski definition) is 11. The zero-order valence-electron chi connectivity index (χ0n) is 11.2. The standard InChI is InChI=1S/4Na.H6O13P4/c;;;;1-14(2,3)11-16(7,8)13-17(9,10)12-15(4,5)6/h;;;;(H,7,8)(H,9,10)(H2,1,2,3)(H2,4,5,6)/q4*+1;/p-4. The summed E-state index contributed by atoms with van der Waals surface area (Å²) in [4.78, 5) is 56.5. The Morgan fingerprint density at radius 1 is 0.667 bits per heavy atom. The molecule has 13 nitrogen and oxygen atoms in total. The molecule has 0 amide bonds. The summed E-state index contributed by atoms with van der Waals surface area (Å²) >= 11 is 0. The first-order valence-corrected chi connectivity index (χ1v) is 8.87. The fraction of sp³-hybridized carbons (Fsp3) is 0. The van der Waals surface area contributed by atoms with Gasteiger partial charge in [0.2, 0.25) is 0 Å². The molecule has 0 aromatic carbocycles. The average Bonchev–Trinajstić information content (AvgIpc) is 1.65. The van der Waals surface area contributed by atoms with Crippen LogP contribution in [0.4, 0.5) is 0 Å². The first kappa shape index (κ1) is 36.5. The number of hydrogen-bond donors (Lipinski definition) is 2. The topological polar surface area (TPSA) is 229 Å². The van der Waals surface area contributed by atoms with E-state index < -0.39 is 31.3 Å². The van der Waals surface area contributed by atoms with Crippen LogP contribution in [0, 0.1) is 0 Å². The van der Waals surface area contributed by atoms with Crippen molar-refractivity contribution in [2.75, 3.05) is 0 Å². The van der Waals surface area contributed by atoms with Gasteiger partial charge in [-0.3, -0.25) is 13.4 Å². The smallest absolute Gasteiger partial charge is 0.790 e. The largest absolute Gasteiger partial charge is 1.00 e. The van der Waals surface area contributed by atoms with Crippen molar-refractivity contribution in [2.24, 2.45) is 0 Å². The van der Waals surface area contributed by atoms with E-state index >= 15 is 0 Å². The molecule has 0 aromatic rings.